The molecule has 0 unspecified atom stereocenters. The molecule has 1 saturated heterocycles. The van der Waals surface area contributed by atoms with Crippen LogP contribution in [0.15, 0.2) is 41.3 Å². The molecule has 0 saturated carbocycles. The maximum Gasteiger partial charge on any atom is 0.289 e. The second kappa shape index (κ2) is 9.66. The first-order valence-electron chi connectivity index (χ1n) is 10.7. The van der Waals surface area contributed by atoms with E-state index < -0.39 is 32.7 Å². The molecule has 2 atom stereocenters. The van der Waals surface area contributed by atoms with Gasteiger partial charge in [0.15, 0.2) is 4.90 Å². The summed E-state index contributed by atoms with van der Waals surface area (Å²) >= 11 is 0. The maximum absolute atomic E-state index is 13.7. The second-order valence-electron chi connectivity index (χ2n) is 8.53. The lowest BCUT2D eigenvalue weighted by Crippen LogP contribution is -2.58. The minimum Gasteiger partial charge on any atom is -0.298 e. The predicted octanol–water partition coefficient (Wildman–Crippen LogP) is 3.25. The summed E-state index contributed by atoms with van der Waals surface area (Å²) in [5, 5.41) is 11.4. The van der Waals surface area contributed by atoms with Gasteiger partial charge in [0.2, 0.25) is 10.0 Å². The molecular weight excluding hydrogens is 449 g/mol. The van der Waals surface area contributed by atoms with Crippen molar-refractivity contribution in [2.24, 2.45) is 0 Å². The van der Waals surface area contributed by atoms with Gasteiger partial charge in [0.25, 0.3) is 5.69 Å². The van der Waals surface area contributed by atoms with E-state index in [9.17, 15) is 27.7 Å². The van der Waals surface area contributed by atoms with Crippen LogP contribution >= 0.6 is 0 Å². The van der Waals surface area contributed by atoms with E-state index >= 15 is 0 Å². The van der Waals surface area contributed by atoms with E-state index in [-0.39, 0.29) is 23.0 Å². The smallest absolute Gasteiger partial charge is 0.289 e. The average molecular weight is 478 g/mol. The molecule has 0 bridgehead atoms. The number of Topliss-reactive ketones (excluding diaryl/α,β-unsaturated/α-hetero) is 1. The third-order valence-corrected chi connectivity index (χ3v) is 8.28. The first-order chi connectivity index (χ1) is 15.4. The standard InChI is InChI=1S/C23H28FN3O5S/c1-15-11-19(24)12-16(2)20(15)13-22(18(4)28)25-9-10-26(17(3)14-25)33(31,32)23-8-6-5-7-21(23)27(29)30/h5-8,11-12,17,22H,9-10,13-14H2,1-4H3/t17-,22-/m0/s1. The third-order valence-electron chi connectivity index (χ3n) is 6.21. The molecule has 2 aromatic rings. The summed E-state index contributed by atoms with van der Waals surface area (Å²) in [5.74, 6) is -0.379. The van der Waals surface area contributed by atoms with Crippen LogP contribution in [0.4, 0.5) is 10.1 Å². The molecule has 3 rings (SSSR count). The zero-order chi connectivity index (χ0) is 24.5. The van der Waals surface area contributed by atoms with Gasteiger partial charge in [-0.25, -0.2) is 12.8 Å². The predicted molar refractivity (Wildman–Crippen MR) is 122 cm³/mol. The van der Waals surface area contributed by atoms with Crippen molar-refractivity contribution >= 4 is 21.5 Å². The lowest BCUT2D eigenvalue weighted by atomic mass is 9.93. The zero-order valence-electron chi connectivity index (χ0n) is 19.1. The minimum absolute atomic E-state index is 0.0553. The number of benzene rings is 2. The number of rotatable bonds is 7. The van der Waals surface area contributed by atoms with Crippen molar-refractivity contribution < 1.29 is 22.5 Å². The quantitative estimate of drug-likeness (QED) is 0.448. The molecule has 0 amide bonds. The Hall–Kier alpha value is -2.69. The molecule has 0 N–H and O–H groups in total. The van der Waals surface area contributed by atoms with Crippen LogP contribution in [0.1, 0.15) is 30.5 Å². The van der Waals surface area contributed by atoms with Gasteiger partial charge in [-0.1, -0.05) is 12.1 Å². The number of halogens is 1. The fourth-order valence-corrected chi connectivity index (χ4v) is 6.32. The monoisotopic (exact) mass is 477 g/mol. The van der Waals surface area contributed by atoms with Gasteiger partial charge in [-0.05, 0) is 69.0 Å². The van der Waals surface area contributed by atoms with Crippen molar-refractivity contribution in [3.8, 4) is 0 Å². The Kier molecular flexibility index (Phi) is 7.30. The number of para-hydroxylation sites is 1. The number of piperazine rings is 1. The number of nitrogens with zero attached hydrogens (tertiary/aromatic N) is 3. The topological polar surface area (TPSA) is 101 Å². The van der Waals surface area contributed by atoms with E-state index in [1.165, 1.54) is 47.6 Å². The molecule has 0 spiro atoms. The molecule has 0 aromatic heterocycles. The Morgan fingerprint density at radius 3 is 2.36 bits per heavy atom. The molecule has 33 heavy (non-hydrogen) atoms. The number of carbonyl (C=O) groups excluding carboxylic acids is 1. The summed E-state index contributed by atoms with van der Waals surface area (Å²) in [6.45, 7) is 7.53. The molecule has 1 heterocycles. The largest absolute Gasteiger partial charge is 0.298 e. The zero-order valence-corrected chi connectivity index (χ0v) is 19.9. The molecule has 1 fully saturated rings. The Labute approximate surface area is 193 Å². The third kappa shape index (κ3) is 5.13. The van der Waals surface area contributed by atoms with Gasteiger partial charge in [-0.15, -0.1) is 0 Å². The molecule has 178 valence electrons. The Balaban J connectivity index is 1.84. The van der Waals surface area contributed by atoms with Gasteiger partial charge in [0, 0.05) is 31.7 Å². The lowest BCUT2D eigenvalue weighted by molar-refractivity contribution is -0.387. The molecule has 1 aliphatic rings. The van der Waals surface area contributed by atoms with Crippen molar-refractivity contribution in [2.45, 2.75) is 51.1 Å². The molecule has 1 aliphatic heterocycles. The number of nitro benzene ring substituents is 1. The number of hydrogen-bond acceptors (Lipinski definition) is 6. The highest BCUT2D eigenvalue weighted by Crippen LogP contribution is 2.29. The number of carbonyl (C=O) groups is 1. The highest BCUT2D eigenvalue weighted by molar-refractivity contribution is 7.89. The van der Waals surface area contributed by atoms with E-state index in [1.807, 2.05) is 18.7 Å². The van der Waals surface area contributed by atoms with Crippen molar-refractivity contribution in [3.05, 3.63) is 69.0 Å². The van der Waals surface area contributed by atoms with Crippen LogP contribution in [-0.2, 0) is 21.2 Å². The summed E-state index contributed by atoms with van der Waals surface area (Å²) in [7, 11) is -4.09. The first-order valence-corrected chi connectivity index (χ1v) is 12.1. The van der Waals surface area contributed by atoms with E-state index in [1.54, 1.807) is 6.92 Å². The highest BCUT2D eigenvalue weighted by atomic mass is 32.2. The normalized spacial score (nSPS) is 18.8. The van der Waals surface area contributed by atoms with Crippen LogP contribution in [0, 0.1) is 29.8 Å². The summed E-state index contributed by atoms with van der Waals surface area (Å²) in [6, 6.07) is 7.21. The van der Waals surface area contributed by atoms with Crippen LogP contribution in [0.25, 0.3) is 0 Å². The summed E-state index contributed by atoms with van der Waals surface area (Å²) < 4.78 is 41.5. The van der Waals surface area contributed by atoms with Gasteiger partial charge in [0.05, 0.1) is 11.0 Å². The Morgan fingerprint density at radius 1 is 1.21 bits per heavy atom. The SMILES string of the molecule is CC(=O)[C@H](Cc1c(C)cc(F)cc1C)N1CCN(S(=O)(=O)c2ccccc2[N+](=O)[O-])[C@@H](C)C1. The molecular formula is C23H28FN3O5S. The molecule has 0 aliphatic carbocycles. The lowest BCUT2D eigenvalue weighted by Gasteiger charge is -2.42. The fourth-order valence-electron chi connectivity index (χ4n) is 4.55. The average Bonchev–Trinajstić information content (AvgIpc) is 2.72. The summed E-state index contributed by atoms with van der Waals surface area (Å²) in [5.41, 5.74) is 1.98. The van der Waals surface area contributed by atoms with E-state index in [4.69, 9.17) is 0 Å². The van der Waals surface area contributed by atoms with Gasteiger partial charge in [0.1, 0.15) is 11.6 Å². The molecule has 8 nitrogen and oxygen atoms in total. The first kappa shape index (κ1) is 24.9. The number of hydrogen-bond donors (Lipinski definition) is 0. The van der Waals surface area contributed by atoms with E-state index in [0.29, 0.717) is 19.5 Å². The number of nitro groups is 1. The van der Waals surface area contributed by atoms with Crippen molar-refractivity contribution in [1.82, 2.24) is 9.21 Å². The Morgan fingerprint density at radius 2 is 1.82 bits per heavy atom. The number of ketones is 1. The Bertz CT molecular complexity index is 1160. The fraction of sp³-hybridized carbons (Fsp3) is 0.435. The van der Waals surface area contributed by atoms with Crippen LogP contribution in [-0.4, -0.2) is 60.0 Å². The van der Waals surface area contributed by atoms with Gasteiger partial charge < -0.3 is 0 Å². The minimum atomic E-state index is -4.09. The van der Waals surface area contributed by atoms with E-state index in [0.717, 1.165) is 16.7 Å². The van der Waals surface area contributed by atoms with Crippen LogP contribution < -0.4 is 0 Å². The van der Waals surface area contributed by atoms with Gasteiger partial charge in [-0.3, -0.25) is 19.8 Å². The molecule has 2 aromatic carbocycles. The van der Waals surface area contributed by atoms with Crippen molar-refractivity contribution in [1.29, 1.82) is 0 Å². The van der Waals surface area contributed by atoms with Gasteiger partial charge in [-0.2, -0.15) is 4.31 Å². The second-order valence-corrected chi connectivity index (χ2v) is 10.4. The van der Waals surface area contributed by atoms with Crippen LogP contribution in [0.5, 0.6) is 0 Å². The molecule has 10 heteroatoms. The summed E-state index contributed by atoms with van der Waals surface area (Å²) in [4.78, 5) is 24.8. The van der Waals surface area contributed by atoms with Crippen molar-refractivity contribution in [3.63, 3.8) is 0 Å². The van der Waals surface area contributed by atoms with Crippen molar-refractivity contribution in [2.75, 3.05) is 19.6 Å². The van der Waals surface area contributed by atoms with Gasteiger partial charge >= 0.3 is 0 Å². The van der Waals surface area contributed by atoms with E-state index in [2.05, 4.69) is 0 Å². The summed E-state index contributed by atoms with van der Waals surface area (Å²) in [6.07, 6.45) is 0.400. The van der Waals surface area contributed by atoms with Crippen LogP contribution in [0.2, 0.25) is 0 Å². The number of sulfonamides is 1. The number of aryl methyl sites for hydroxylation is 2. The maximum atomic E-state index is 13.7. The highest BCUT2D eigenvalue weighted by Gasteiger charge is 2.39. The molecule has 0 radical (unpaired) electrons. The van der Waals surface area contributed by atoms with Crippen LogP contribution in [0.3, 0.4) is 0 Å².